The molecule has 0 aliphatic rings. The maximum atomic E-state index is 10.9. The van der Waals surface area contributed by atoms with Gasteiger partial charge in [-0.25, -0.2) is 4.98 Å². The summed E-state index contributed by atoms with van der Waals surface area (Å²) in [5, 5.41) is 26.6. The Bertz CT molecular complexity index is 451. The molecule has 7 nitrogen and oxygen atoms in total. The minimum Gasteiger partial charge on any atom is -0.391 e. The summed E-state index contributed by atoms with van der Waals surface area (Å²) in [5.41, 5.74) is -0.0276. The van der Waals surface area contributed by atoms with Crippen LogP contribution in [-0.2, 0) is 0 Å². The van der Waals surface area contributed by atoms with E-state index in [1.165, 1.54) is 12.1 Å². The Labute approximate surface area is 118 Å². The number of anilines is 2. The van der Waals surface area contributed by atoms with Gasteiger partial charge in [0.1, 0.15) is 11.6 Å². The van der Waals surface area contributed by atoms with Crippen molar-refractivity contribution < 1.29 is 10.0 Å². The molecule has 1 heterocycles. The molecule has 0 aromatic carbocycles. The van der Waals surface area contributed by atoms with E-state index in [1.54, 1.807) is 0 Å². The van der Waals surface area contributed by atoms with Crippen LogP contribution in [0.2, 0.25) is 0 Å². The summed E-state index contributed by atoms with van der Waals surface area (Å²) in [4.78, 5) is 14.7. The maximum Gasteiger partial charge on any atom is 0.276 e. The third-order valence-electron chi connectivity index (χ3n) is 2.84. The van der Waals surface area contributed by atoms with E-state index in [1.807, 2.05) is 20.8 Å². The van der Waals surface area contributed by atoms with Crippen LogP contribution in [0.5, 0.6) is 0 Å². The van der Waals surface area contributed by atoms with Crippen LogP contribution < -0.4 is 10.6 Å². The topological polar surface area (TPSA) is 100 Å². The lowest BCUT2D eigenvalue weighted by Crippen LogP contribution is -2.25. The van der Waals surface area contributed by atoms with Gasteiger partial charge in [-0.15, -0.1) is 0 Å². The first-order valence-electron chi connectivity index (χ1n) is 6.76. The predicted octanol–water partition coefficient (Wildman–Crippen LogP) is 2.24. The van der Waals surface area contributed by atoms with Crippen molar-refractivity contribution in [3.05, 3.63) is 22.2 Å². The average Bonchev–Trinajstić information content (AvgIpc) is 2.42. The van der Waals surface area contributed by atoms with Crippen LogP contribution >= 0.6 is 0 Å². The molecule has 1 aromatic rings. The van der Waals surface area contributed by atoms with Gasteiger partial charge in [-0.1, -0.05) is 20.8 Å². The molecule has 1 aromatic heterocycles. The zero-order valence-corrected chi connectivity index (χ0v) is 12.1. The lowest BCUT2D eigenvalue weighted by molar-refractivity contribution is -0.384. The molecule has 0 aliphatic heterocycles. The average molecular weight is 282 g/mol. The van der Waals surface area contributed by atoms with Gasteiger partial charge in [-0.2, -0.15) is 0 Å². The Morgan fingerprint density at radius 2 is 1.95 bits per heavy atom. The fourth-order valence-corrected chi connectivity index (χ4v) is 1.50. The first kappa shape index (κ1) is 16.2. The molecule has 112 valence electrons. The molecule has 0 bridgehead atoms. The van der Waals surface area contributed by atoms with Crippen molar-refractivity contribution in [1.82, 2.24) is 4.98 Å². The molecule has 7 heteroatoms. The number of rotatable bonds is 8. The quantitative estimate of drug-likeness (QED) is 0.499. The molecule has 0 aliphatic carbocycles. The largest absolute Gasteiger partial charge is 0.391 e. The number of nitrogens with one attached hydrogen (secondary N) is 2. The van der Waals surface area contributed by atoms with Crippen molar-refractivity contribution in [2.45, 2.75) is 33.3 Å². The van der Waals surface area contributed by atoms with E-state index in [2.05, 4.69) is 15.6 Å². The molecule has 1 unspecified atom stereocenters. The number of hydrogen-bond acceptors (Lipinski definition) is 6. The standard InChI is InChI=1S/C13H22N4O3/c1-4-5-14-12-6-10(17(19)20)7-13(16-12)15-8-11(18)9(2)3/h6-7,9,11,18H,4-5,8H2,1-3H3,(H2,14,15,16). The Morgan fingerprint density at radius 1 is 1.35 bits per heavy atom. The SMILES string of the molecule is CCCNc1cc([N+](=O)[O-])cc(NCC(O)C(C)C)n1. The number of hydrogen-bond donors (Lipinski definition) is 3. The second-order valence-electron chi connectivity index (χ2n) is 4.97. The van der Waals surface area contributed by atoms with E-state index < -0.39 is 11.0 Å². The first-order chi connectivity index (χ1) is 9.43. The smallest absolute Gasteiger partial charge is 0.276 e. The summed E-state index contributed by atoms with van der Waals surface area (Å²) >= 11 is 0. The van der Waals surface area contributed by atoms with Crippen molar-refractivity contribution in [2.24, 2.45) is 5.92 Å². The molecule has 1 rings (SSSR count). The molecule has 0 saturated heterocycles. The highest BCUT2D eigenvalue weighted by Gasteiger charge is 2.13. The van der Waals surface area contributed by atoms with E-state index in [4.69, 9.17) is 0 Å². The summed E-state index contributed by atoms with van der Waals surface area (Å²) in [6.45, 7) is 6.81. The van der Waals surface area contributed by atoms with Gasteiger partial charge in [-0.05, 0) is 12.3 Å². The van der Waals surface area contributed by atoms with Crippen molar-refractivity contribution in [3.63, 3.8) is 0 Å². The van der Waals surface area contributed by atoms with Crippen LogP contribution in [0, 0.1) is 16.0 Å². The number of aliphatic hydroxyl groups is 1. The minimum absolute atomic E-state index is 0.0276. The van der Waals surface area contributed by atoms with Crippen molar-refractivity contribution in [2.75, 3.05) is 23.7 Å². The van der Waals surface area contributed by atoms with Crippen LogP contribution in [0.1, 0.15) is 27.2 Å². The van der Waals surface area contributed by atoms with Gasteiger partial charge in [0.2, 0.25) is 0 Å². The van der Waals surface area contributed by atoms with E-state index >= 15 is 0 Å². The van der Waals surface area contributed by atoms with E-state index in [-0.39, 0.29) is 11.6 Å². The molecule has 0 amide bonds. The molecule has 0 spiro atoms. The lowest BCUT2D eigenvalue weighted by atomic mass is 10.1. The van der Waals surface area contributed by atoms with E-state index in [0.29, 0.717) is 24.7 Å². The fraction of sp³-hybridized carbons (Fsp3) is 0.615. The van der Waals surface area contributed by atoms with Crippen molar-refractivity contribution >= 4 is 17.3 Å². The van der Waals surface area contributed by atoms with Gasteiger partial charge in [0, 0.05) is 13.1 Å². The highest BCUT2D eigenvalue weighted by Crippen LogP contribution is 2.20. The Kier molecular flexibility index (Phi) is 6.17. The summed E-state index contributed by atoms with van der Waals surface area (Å²) in [7, 11) is 0. The van der Waals surface area contributed by atoms with Gasteiger partial charge in [0.25, 0.3) is 5.69 Å². The van der Waals surface area contributed by atoms with Gasteiger partial charge >= 0.3 is 0 Å². The highest BCUT2D eigenvalue weighted by molar-refractivity contribution is 5.54. The van der Waals surface area contributed by atoms with Crippen LogP contribution in [0.15, 0.2) is 12.1 Å². The number of pyridine rings is 1. The monoisotopic (exact) mass is 282 g/mol. The van der Waals surface area contributed by atoms with E-state index in [0.717, 1.165) is 6.42 Å². The second-order valence-corrected chi connectivity index (χ2v) is 4.97. The maximum absolute atomic E-state index is 10.9. The molecule has 0 radical (unpaired) electrons. The minimum atomic E-state index is -0.525. The van der Waals surface area contributed by atoms with Crippen molar-refractivity contribution in [1.29, 1.82) is 0 Å². The van der Waals surface area contributed by atoms with Gasteiger partial charge in [0.15, 0.2) is 0 Å². The van der Waals surface area contributed by atoms with Crippen LogP contribution in [0.3, 0.4) is 0 Å². The van der Waals surface area contributed by atoms with E-state index in [9.17, 15) is 15.2 Å². The first-order valence-corrected chi connectivity index (χ1v) is 6.76. The molecule has 1 atom stereocenters. The summed E-state index contributed by atoms with van der Waals surface area (Å²) in [5.74, 6) is 0.957. The predicted molar refractivity (Wildman–Crippen MR) is 79.0 cm³/mol. The van der Waals surface area contributed by atoms with Crippen molar-refractivity contribution in [3.8, 4) is 0 Å². The summed E-state index contributed by atoms with van der Waals surface area (Å²) in [6.07, 6.45) is 0.377. The molecular weight excluding hydrogens is 260 g/mol. The Hall–Kier alpha value is -1.89. The van der Waals surface area contributed by atoms with Crippen LogP contribution in [-0.4, -0.2) is 34.2 Å². The van der Waals surface area contributed by atoms with Crippen LogP contribution in [0.25, 0.3) is 0 Å². The normalized spacial score (nSPS) is 12.2. The molecule has 20 heavy (non-hydrogen) atoms. The summed E-state index contributed by atoms with van der Waals surface area (Å²) in [6, 6.07) is 2.77. The van der Waals surface area contributed by atoms with Gasteiger partial charge < -0.3 is 15.7 Å². The molecule has 0 fully saturated rings. The number of aliphatic hydroxyl groups excluding tert-OH is 1. The molecular formula is C13H22N4O3. The lowest BCUT2D eigenvalue weighted by Gasteiger charge is -2.16. The van der Waals surface area contributed by atoms with Gasteiger partial charge in [0.05, 0.1) is 23.2 Å². The fourth-order valence-electron chi connectivity index (χ4n) is 1.50. The zero-order chi connectivity index (χ0) is 15.1. The Morgan fingerprint density at radius 3 is 2.45 bits per heavy atom. The van der Waals surface area contributed by atoms with Crippen LogP contribution in [0.4, 0.5) is 17.3 Å². The zero-order valence-electron chi connectivity index (χ0n) is 12.1. The number of aromatic nitrogens is 1. The highest BCUT2D eigenvalue weighted by atomic mass is 16.6. The number of nitrogens with zero attached hydrogens (tertiary/aromatic N) is 2. The Balaban J connectivity index is 2.82. The molecule has 0 saturated carbocycles. The summed E-state index contributed by atoms with van der Waals surface area (Å²) < 4.78 is 0. The second kappa shape index (κ2) is 7.64. The third-order valence-corrected chi connectivity index (χ3v) is 2.84. The van der Waals surface area contributed by atoms with Gasteiger partial charge in [-0.3, -0.25) is 10.1 Å². The third kappa shape index (κ3) is 5.00. The molecule has 3 N–H and O–H groups in total. The number of nitro groups is 1.